The summed E-state index contributed by atoms with van der Waals surface area (Å²) in [6.45, 7) is 9.35. The summed E-state index contributed by atoms with van der Waals surface area (Å²) >= 11 is 0. The third kappa shape index (κ3) is 1.24. The van der Waals surface area contributed by atoms with Crippen LogP contribution in [0.4, 0.5) is 0 Å². The fourth-order valence-electron chi connectivity index (χ4n) is 2.35. The van der Waals surface area contributed by atoms with Gasteiger partial charge in [-0.3, -0.25) is 4.79 Å². The predicted molar refractivity (Wildman–Crippen MR) is 57.8 cm³/mol. The summed E-state index contributed by atoms with van der Waals surface area (Å²) in [4.78, 5) is 11.8. The van der Waals surface area contributed by atoms with Crippen LogP contribution in [0.3, 0.4) is 0 Å². The molecule has 0 radical (unpaired) electrons. The van der Waals surface area contributed by atoms with Gasteiger partial charge < -0.3 is 15.0 Å². The van der Waals surface area contributed by atoms with E-state index in [0.29, 0.717) is 6.42 Å². The molecule has 0 aliphatic carbocycles. The van der Waals surface area contributed by atoms with Crippen LogP contribution in [-0.4, -0.2) is 23.8 Å². The van der Waals surface area contributed by atoms with E-state index in [1.807, 2.05) is 34.6 Å². The van der Waals surface area contributed by atoms with E-state index >= 15 is 0 Å². The lowest BCUT2D eigenvalue weighted by molar-refractivity contribution is -0.173. The lowest BCUT2D eigenvalue weighted by Gasteiger charge is -2.51. The molecule has 1 saturated heterocycles. The zero-order valence-electron chi connectivity index (χ0n) is 10.4. The number of nitrogens with zero attached hydrogens (tertiary/aromatic N) is 1. The van der Waals surface area contributed by atoms with Crippen LogP contribution in [0.2, 0.25) is 0 Å². The van der Waals surface area contributed by atoms with Crippen molar-refractivity contribution >= 4 is 5.97 Å². The quantitative estimate of drug-likeness (QED) is 0.522. The van der Waals surface area contributed by atoms with Gasteiger partial charge in [-0.2, -0.15) is 0 Å². The third-order valence-corrected chi connectivity index (χ3v) is 4.30. The minimum atomic E-state index is -1.03. The molecule has 1 rings (SSSR count). The summed E-state index contributed by atoms with van der Waals surface area (Å²) < 4.78 is 5.36. The highest BCUT2D eigenvalue weighted by Crippen LogP contribution is 2.57. The summed E-state index contributed by atoms with van der Waals surface area (Å²) in [7, 11) is 1.42. The van der Waals surface area contributed by atoms with E-state index in [2.05, 4.69) is 0 Å². The lowest BCUT2D eigenvalue weighted by atomic mass is 9.63. The van der Waals surface area contributed by atoms with E-state index < -0.39 is 16.6 Å². The summed E-state index contributed by atoms with van der Waals surface area (Å²) in [5, 5.41) is 12.5. The molecule has 1 atom stereocenters. The normalized spacial score (nSPS) is 33.2. The molecule has 4 nitrogen and oxygen atoms in total. The fraction of sp³-hybridized carbons (Fsp3) is 0.909. The van der Waals surface area contributed by atoms with Crippen molar-refractivity contribution in [1.29, 1.82) is 0 Å². The SMILES string of the molecule is CCC1(N(C)[O-])OC(=O)C(C)(C)C1(C)C. The molecular weight excluding hydrogens is 194 g/mol. The molecule has 0 aromatic rings. The molecule has 4 heteroatoms. The summed E-state index contributed by atoms with van der Waals surface area (Å²) in [6.07, 6.45) is 0.495. The number of cyclic esters (lactones) is 1. The number of hydrogen-bond acceptors (Lipinski definition) is 4. The van der Waals surface area contributed by atoms with Gasteiger partial charge in [0.1, 0.15) is 0 Å². The number of ether oxygens (including phenoxy) is 1. The number of carbonyl (C=O) groups excluding carboxylic acids is 1. The van der Waals surface area contributed by atoms with Crippen molar-refractivity contribution in [1.82, 2.24) is 5.06 Å². The molecule has 1 aliphatic rings. The van der Waals surface area contributed by atoms with Crippen molar-refractivity contribution in [2.45, 2.75) is 46.8 Å². The van der Waals surface area contributed by atoms with Gasteiger partial charge in [0, 0.05) is 5.41 Å². The molecule has 88 valence electrons. The Labute approximate surface area is 91.2 Å². The molecule has 0 amide bonds. The Morgan fingerprint density at radius 1 is 1.33 bits per heavy atom. The maximum absolute atomic E-state index is 11.8. The van der Waals surface area contributed by atoms with Gasteiger partial charge in [0.15, 0.2) is 5.72 Å². The van der Waals surface area contributed by atoms with Crippen molar-refractivity contribution in [3.8, 4) is 0 Å². The van der Waals surface area contributed by atoms with Gasteiger partial charge in [-0.1, -0.05) is 20.8 Å². The minimum Gasteiger partial charge on any atom is -0.783 e. The molecule has 0 saturated carbocycles. The smallest absolute Gasteiger partial charge is 0.314 e. The first-order chi connectivity index (χ1) is 6.63. The summed E-state index contributed by atoms with van der Waals surface area (Å²) in [6, 6.07) is 0. The maximum atomic E-state index is 11.8. The first kappa shape index (κ1) is 12.5. The van der Waals surface area contributed by atoms with Crippen LogP contribution in [0.25, 0.3) is 0 Å². The van der Waals surface area contributed by atoms with Gasteiger partial charge in [-0.25, -0.2) is 0 Å². The molecule has 1 heterocycles. The van der Waals surface area contributed by atoms with Gasteiger partial charge >= 0.3 is 5.97 Å². The molecule has 1 fully saturated rings. The molecule has 1 aliphatic heterocycles. The molecule has 0 spiro atoms. The number of rotatable bonds is 2. The monoisotopic (exact) mass is 214 g/mol. The van der Waals surface area contributed by atoms with Crippen molar-refractivity contribution in [2.24, 2.45) is 10.8 Å². The molecule has 0 bridgehead atoms. The molecule has 15 heavy (non-hydrogen) atoms. The zero-order chi connectivity index (χ0) is 12.1. The van der Waals surface area contributed by atoms with Crippen LogP contribution in [0, 0.1) is 16.0 Å². The second-order valence-electron chi connectivity index (χ2n) is 5.27. The maximum Gasteiger partial charge on any atom is 0.314 e. The number of esters is 1. The van der Waals surface area contributed by atoms with Crippen LogP contribution >= 0.6 is 0 Å². The lowest BCUT2D eigenvalue weighted by Crippen LogP contribution is -2.55. The van der Waals surface area contributed by atoms with E-state index in [9.17, 15) is 10.0 Å². The van der Waals surface area contributed by atoms with Gasteiger partial charge in [0.25, 0.3) is 0 Å². The van der Waals surface area contributed by atoms with Gasteiger partial charge in [0.2, 0.25) is 0 Å². The molecule has 0 aromatic heterocycles. The Bertz CT molecular complexity index is 284. The highest BCUT2D eigenvalue weighted by Gasteiger charge is 2.65. The van der Waals surface area contributed by atoms with Crippen molar-refractivity contribution in [3.63, 3.8) is 0 Å². The van der Waals surface area contributed by atoms with Crippen LogP contribution < -0.4 is 0 Å². The van der Waals surface area contributed by atoms with Gasteiger partial charge in [-0.15, -0.1) is 0 Å². The molecule has 0 aromatic carbocycles. The minimum absolute atomic E-state index is 0.294. The standard InChI is InChI=1S/C11H20NO3/c1-7-11(12(6)14)10(4,5)9(2,3)8(13)15-11/h7H2,1-6H3/q-1. The van der Waals surface area contributed by atoms with E-state index in [4.69, 9.17) is 4.74 Å². The topological polar surface area (TPSA) is 52.6 Å². The van der Waals surface area contributed by atoms with E-state index in [1.54, 1.807) is 0 Å². The van der Waals surface area contributed by atoms with Crippen LogP contribution in [0.1, 0.15) is 41.0 Å². The molecule has 1 unspecified atom stereocenters. The third-order valence-electron chi connectivity index (χ3n) is 4.30. The van der Waals surface area contributed by atoms with Crippen LogP contribution in [0.5, 0.6) is 0 Å². The number of hydroxylamine groups is 2. The van der Waals surface area contributed by atoms with Crippen LogP contribution in [-0.2, 0) is 9.53 Å². The average Bonchev–Trinajstić information content (AvgIpc) is 2.24. The second-order valence-corrected chi connectivity index (χ2v) is 5.27. The summed E-state index contributed by atoms with van der Waals surface area (Å²) in [5.41, 5.74) is -2.18. The van der Waals surface area contributed by atoms with Gasteiger partial charge in [0.05, 0.1) is 5.41 Å². The largest absolute Gasteiger partial charge is 0.783 e. The first-order valence-corrected chi connectivity index (χ1v) is 5.28. The summed E-state index contributed by atoms with van der Waals surface area (Å²) in [5.74, 6) is -0.294. The molecule has 0 N–H and O–H groups in total. The zero-order valence-corrected chi connectivity index (χ0v) is 10.4. The first-order valence-electron chi connectivity index (χ1n) is 5.28. The Morgan fingerprint density at radius 3 is 1.93 bits per heavy atom. The number of carbonyl (C=O) groups is 1. The fourth-order valence-corrected chi connectivity index (χ4v) is 2.35. The Hall–Kier alpha value is -0.610. The second kappa shape index (κ2) is 3.19. The van der Waals surface area contributed by atoms with Crippen molar-refractivity contribution in [2.75, 3.05) is 7.05 Å². The van der Waals surface area contributed by atoms with E-state index in [-0.39, 0.29) is 5.97 Å². The van der Waals surface area contributed by atoms with Crippen molar-refractivity contribution in [3.05, 3.63) is 5.21 Å². The van der Waals surface area contributed by atoms with Crippen LogP contribution in [0.15, 0.2) is 0 Å². The molecular formula is C11H20NO3-. The Balaban J connectivity index is 3.31. The Morgan fingerprint density at radius 2 is 1.80 bits per heavy atom. The highest BCUT2D eigenvalue weighted by molar-refractivity contribution is 5.80. The average molecular weight is 214 g/mol. The predicted octanol–water partition coefficient (Wildman–Crippen LogP) is 2.13. The Kier molecular flexibility index (Phi) is 2.65. The van der Waals surface area contributed by atoms with Gasteiger partial charge in [-0.05, 0) is 27.3 Å². The van der Waals surface area contributed by atoms with Crippen molar-refractivity contribution < 1.29 is 9.53 Å². The van der Waals surface area contributed by atoms with E-state index in [0.717, 1.165) is 5.06 Å². The highest BCUT2D eigenvalue weighted by atomic mass is 16.6. The van der Waals surface area contributed by atoms with E-state index in [1.165, 1.54) is 7.05 Å². The number of hydrogen-bond donors (Lipinski definition) is 0.